The molecule has 0 aliphatic carbocycles. The van der Waals surface area contributed by atoms with E-state index in [4.69, 9.17) is 14.6 Å². The van der Waals surface area contributed by atoms with E-state index in [2.05, 4.69) is 10.6 Å². The van der Waals surface area contributed by atoms with Gasteiger partial charge in [0.15, 0.2) is 0 Å². The number of hydrogen-bond donors (Lipinski definition) is 3. The fourth-order valence-corrected chi connectivity index (χ4v) is 2.15. The number of amides is 2. The SMILES string of the molecule is COc1ccc(OCCCNC(=O)NCc2ccc(C(=O)O)cc2)cc1. The minimum Gasteiger partial charge on any atom is -0.497 e. The number of carboxylic acid groups (broad SMARTS) is 1. The maximum atomic E-state index is 11.7. The first-order valence-corrected chi connectivity index (χ1v) is 8.19. The van der Waals surface area contributed by atoms with Gasteiger partial charge in [0, 0.05) is 13.1 Å². The highest BCUT2D eigenvalue weighted by Gasteiger charge is 2.03. The van der Waals surface area contributed by atoms with Crippen LogP contribution in [0.1, 0.15) is 22.3 Å². The Balaban J connectivity index is 1.59. The summed E-state index contributed by atoms with van der Waals surface area (Å²) in [6, 6.07) is 13.4. The third-order valence-corrected chi connectivity index (χ3v) is 3.59. The normalized spacial score (nSPS) is 10.0. The van der Waals surface area contributed by atoms with Crippen LogP contribution in [0.2, 0.25) is 0 Å². The molecule has 0 heterocycles. The van der Waals surface area contributed by atoms with Crippen molar-refractivity contribution < 1.29 is 24.2 Å². The number of methoxy groups -OCH3 is 1. The van der Waals surface area contributed by atoms with Crippen molar-refractivity contribution in [1.29, 1.82) is 0 Å². The molecule has 2 aromatic carbocycles. The lowest BCUT2D eigenvalue weighted by atomic mass is 10.1. The van der Waals surface area contributed by atoms with Gasteiger partial charge in [-0.05, 0) is 48.4 Å². The van der Waals surface area contributed by atoms with Crippen LogP contribution < -0.4 is 20.1 Å². The van der Waals surface area contributed by atoms with Gasteiger partial charge in [-0.3, -0.25) is 0 Å². The van der Waals surface area contributed by atoms with Crippen molar-refractivity contribution >= 4 is 12.0 Å². The van der Waals surface area contributed by atoms with E-state index in [1.54, 1.807) is 19.2 Å². The summed E-state index contributed by atoms with van der Waals surface area (Å²) in [6.07, 6.45) is 0.673. The molecular formula is C19H22N2O5. The lowest BCUT2D eigenvalue weighted by Crippen LogP contribution is -2.36. The number of nitrogens with one attached hydrogen (secondary N) is 2. The molecule has 0 saturated carbocycles. The van der Waals surface area contributed by atoms with E-state index < -0.39 is 5.97 Å². The highest BCUT2D eigenvalue weighted by molar-refractivity contribution is 5.87. The molecule has 7 heteroatoms. The lowest BCUT2D eigenvalue weighted by molar-refractivity contribution is 0.0697. The second-order valence-corrected chi connectivity index (χ2v) is 5.49. The Morgan fingerprint density at radius 3 is 2.23 bits per heavy atom. The minimum atomic E-state index is -0.973. The van der Waals surface area contributed by atoms with Crippen LogP contribution in [-0.2, 0) is 6.54 Å². The average molecular weight is 358 g/mol. The van der Waals surface area contributed by atoms with Crippen LogP contribution in [0.15, 0.2) is 48.5 Å². The Hall–Kier alpha value is -3.22. The smallest absolute Gasteiger partial charge is 0.335 e. The van der Waals surface area contributed by atoms with Crippen LogP contribution in [0.3, 0.4) is 0 Å². The molecule has 2 amide bonds. The van der Waals surface area contributed by atoms with E-state index in [1.165, 1.54) is 12.1 Å². The van der Waals surface area contributed by atoms with Crippen LogP contribution >= 0.6 is 0 Å². The first-order chi connectivity index (χ1) is 12.6. The van der Waals surface area contributed by atoms with Gasteiger partial charge in [0.1, 0.15) is 11.5 Å². The summed E-state index contributed by atoms with van der Waals surface area (Å²) in [5, 5.41) is 14.3. The fourth-order valence-electron chi connectivity index (χ4n) is 2.15. The molecule has 0 saturated heterocycles. The second kappa shape index (κ2) is 9.93. The maximum absolute atomic E-state index is 11.7. The van der Waals surface area contributed by atoms with E-state index in [9.17, 15) is 9.59 Å². The number of benzene rings is 2. The van der Waals surface area contributed by atoms with Gasteiger partial charge in [-0.25, -0.2) is 9.59 Å². The molecule has 7 nitrogen and oxygen atoms in total. The van der Waals surface area contributed by atoms with Gasteiger partial charge in [0.25, 0.3) is 0 Å². The standard InChI is InChI=1S/C19H22N2O5/c1-25-16-7-9-17(10-8-16)26-12-2-11-20-19(24)21-13-14-3-5-15(6-4-14)18(22)23/h3-10H,2,11-13H2,1H3,(H,22,23)(H2,20,21,24). The van der Waals surface area contributed by atoms with Crippen molar-refractivity contribution in [3.63, 3.8) is 0 Å². The van der Waals surface area contributed by atoms with Gasteiger partial charge in [0.05, 0.1) is 19.3 Å². The number of carbonyl (C=O) groups is 2. The Bertz CT molecular complexity index is 714. The Labute approximate surface area is 151 Å². The molecule has 0 aliphatic rings. The summed E-state index contributed by atoms with van der Waals surface area (Å²) >= 11 is 0. The zero-order chi connectivity index (χ0) is 18.8. The van der Waals surface area contributed by atoms with Crippen molar-refractivity contribution in [1.82, 2.24) is 10.6 Å². The summed E-state index contributed by atoms with van der Waals surface area (Å²) in [7, 11) is 1.61. The third-order valence-electron chi connectivity index (χ3n) is 3.59. The first kappa shape index (κ1) is 19.1. The molecule has 0 radical (unpaired) electrons. The molecule has 3 N–H and O–H groups in total. The minimum absolute atomic E-state index is 0.218. The second-order valence-electron chi connectivity index (χ2n) is 5.49. The number of carbonyl (C=O) groups excluding carboxylic acids is 1. The van der Waals surface area contributed by atoms with E-state index in [0.717, 1.165) is 17.1 Å². The number of ether oxygens (including phenoxy) is 2. The number of carboxylic acids is 1. The van der Waals surface area contributed by atoms with E-state index in [1.807, 2.05) is 24.3 Å². The topological polar surface area (TPSA) is 96.9 Å². The Morgan fingerprint density at radius 2 is 1.62 bits per heavy atom. The van der Waals surface area contributed by atoms with Gasteiger partial charge in [-0.1, -0.05) is 12.1 Å². The fraction of sp³-hybridized carbons (Fsp3) is 0.263. The summed E-state index contributed by atoms with van der Waals surface area (Å²) < 4.78 is 10.6. The molecule has 0 spiro atoms. The molecule has 0 aromatic heterocycles. The number of urea groups is 1. The van der Waals surface area contributed by atoms with Gasteiger partial charge >= 0.3 is 12.0 Å². The molecule has 0 aliphatic heterocycles. The maximum Gasteiger partial charge on any atom is 0.335 e. The predicted octanol–water partition coefficient (Wildman–Crippen LogP) is 2.66. The summed E-state index contributed by atoms with van der Waals surface area (Å²) in [5.74, 6) is 0.549. The molecule has 2 rings (SSSR count). The number of rotatable bonds is 9. The van der Waals surface area contributed by atoms with E-state index in [-0.39, 0.29) is 11.6 Å². The molecule has 2 aromatic rings. The van der Waals surface area contributed by atoms with Crippen molar-refractivity contribution in [2.45, 2.75) is 13.0 Å². The predicted molar refractivity (Wildman–Crippen MR) is 96.7 cm³/mol. The monoisotopic (exact) mass is 358 g/mol. The zero-order valence-electron chi connectivity index (χ0n) is 14.5. The molecule has 0 bridgehead atoms. The average Bonchev–Trinajstić information content (AvgIpc) is 2.67. The van der Waals surface area contributed by atoms with Crippen LogP contribution in [0, 0.1) is 0 Å². The van der Waals surface area contributed by atoms with Crippen LogP contribution in [-0.4, -0.2) is 37.4 Å². The van der Waals surface area contributed by atoms with Gasteiger partial charge < -0.3 is 25.2 Å². The van der Waals surface area contributed by atoms with E-state index >= 15 is 0 Å². The van der Waals surface area contributed by atoms with E-state index in [0.29, 0.717) is 26.1 Å². The molecule has 0 atom stereocenters. The molecule has 0 unspecified atom stereocenters. The zero-order valence-corrected chi connectivity index (χ0v) is 14.5. The molecule has 26 heavy (non-hydrogen) atoms. The Morgan fingerprint density at radius 1 is 0.962 bits per heavy atom. The number of hydrogen-bond acceptors (Lipinski definition) is 4. The van der Waals surface area contributed by atoms with Crippen LogP contribution in [0.5, 0.6) is 11.5 Å². The van der Waals surface area contributed by atoms with Crippen molar-refractivity contribution in [3.8, 4) is 11.5 Å². The van der Waals surface area contributed by atoms with Crippen molar-refractivity contribution in [2.24, 2.45) is 0 Å². The highest BCUT2D eigenvalue weighted by Crippen LogP contribution is 2.16. The van der Waals surface area contributed by atoms with Crippen LogP contribution in [0.25, 0.3) is 0 Å². The summed E-state index contributed by atoms with van der Waals surface area (Å²) in [5.41, 5.74) is 1.04. The van der Waals surface area contributed by atoms with Gasteiger partial charge in [0.2, 0.25) is 0 Å². The molecule has 138 valence electrons. The first-order valence-electron chi connectivity index (χ1n) is 8.19. The van der Waals surface area contributed by atoms with Gasteiger partial charge in [-0.15, -0.1) is 0 Å². The summed E-state index contributed by atoms with van der Waals surface area (Å²) in [6.45, 7) is 1.30. The quantitative estimate of drug-likeness (QED) is 0.599. The van der Waals surface area contributed by atoms with Crippen molar-refractivity contribution in [2.75, 3.05) is 20.3 Å². The molecule has 0 fully saturated rings. The highest BCUT2D eigenvalue weighted by atomic mass is 16.5. The lowest BCUT2D eigenvalue weighted by Gasteiger charge is -2.09. The van der Waals surface area contributed by atoms with Crippen LogP contribution in [0.4, 0.5) is 4.79 Å². The number of aromatic carboxylic acids is 1. The largest absolute Gasteiger partial charge is 0.497 e. The third kappa shape index (κ3) is 6.35. The van der Waals surface area contributed by atoms with Gasteiger partial charge in [-0.2, -0.15) is 0 Å². The van der Waals surface area contributed by atoms with Crippen molar-refractivity contribution in [3.05, 3.63) is 59.7 Å². The Kier molecular flexibility index (Phi) is 7.30. The summed E-state index contributed by atoms with van der Waals surface area (Å²) in [4.78, 5) is 22.5. The molecular weight excluding hydrogens is 336 g/mol.